The van der Waals surface area contributed by atoms with Crippen molar-refractivity contribution in [1.82, 2.24) is 5.32 Å². The summed E-state index contributed by atoms with van der Waals surface area (Å²) in [5.41, 5.74) is 8.51. The van der Waals surface area contributed by atoms with Gasteiger partial charge in [-0.15, -0.1) is 0 Å². The number of carboxylic acids is 1. The molecule has 0 heterocycles. The predicted octanol–water partition coefficient (Wildman–Crippen LogP) is 2.46. The lowest BCUT2D eigenvalue weighted by Crippen LogP contribution is -2.44. The number of carbonyl (C=O) groups excluding carboxylic acids is 2. The molecule has 0 saturated heterocycles. The number of halogens is 3. The second-order valence-corrected chi connectivity index (χ2v) is 6.11. The van der Waals surface area contributed by atoms with Gasteiger partial charge in [0.1, 0.15) is 24.7 Å². The fourth-order valence-corrected chi connectivity index (χ4v) is 1.97. The van der Waals surface area contributed by atoms with E-state index < -0.39 is 18.2 Å². The Kier molecular flexibility index (Phi) is 9.50. The maximum Gasteiger partial charge on any atom is 0.490 e. The van der Waals surface area contributed by atoms with Gasteiger partial charge in [-0.05, 0) is 24.6 Å². The molecule has 0 aliphatic heterocycles. The predicted molar refractivity (Wildman–Crippen MR) is 102 cm³/mol. The Bertz CT molecular complexity index is 854. The zero-order chi connectivity index (χ0) is 22.7. The number of hydrogen-bond acceptors (Lipinski definition) is 5. The summed E-state index contributed by atoms with van der Waals surface area (Å²) in [6.45, 7) is 2.48. The molecule has 0 saturated carbocycles. The number of nitrogens with one attached hydrogen (secondary N) is 1. The van der Waals surface area contributed by atoms with Crippen LogP contribution in [0.1, 0.15) is 21.5 Å². The summed E-state index contributed by atoms with van der Waals surface area (Å²) in [6, 6.07) is 13.8. The molecule has 0 aromatic heterocycles. The van der Waals surface area contributed by atoms with E-state index in [1.54, 1.807) is 24.3 Å². The number of aliphatic carboxylic acids is 1. The number of ether oxygens (including phenoxy) is 1. The molecule has 0 aliphatic carbocycles. The summed E-state index contributed by atoms with van der Waals surface area (Å²) in [5, 5.41) is 9.90. The summed E-state index contributed by atoms with van der Waals surface area (Å²) in [6.07, 6.45) is -4.35. The number of rotatable bonds is 7. The van der Waals surface area contributed by atoms with Crippen LogP contribution in [0, 0.1) is 6.92 Å². The molecule has 2 aromatic rings. The highest BCUT2D eigenvalue weighted by Crippen LogP contribution is 2.13. The van der Waals surface area contributed by atoms with E-state index >= 15 is 0 Å². The molecule has 0 radical (unpaired) electrons. The Morgan fingerprint density at radius 3 is 2.33 bits per heavy atom. The first-order chi connectivity index (χ1) is 14.0. The third-order valence-electron chi connectivity index (χ3n) is 3.59. The van der Waals surface area contributed by atoms with Gasteiger partial charge in [-0.25, -0.2) is 4.79 Å². The molecule has 1 unspecified atom stereocenters. The quantitative estimate of drug-likeness (QED) is 0.586. The number of aryl methyl sites for hydroxylation is 1. The number of carbonyl (C=O) groups is 3. The van der Waals surface area contributed by atoms with Gasteiger partial charge in [0.15, 0.2) is 0 Å². The molecular weight excluding hydrogens is 405 g/mol. The van der Waals surface area contributed by atoms with Crippen LogP contribution in [0.5, 0.6) is 5.75 Å². The van der Waals surface area contributed by atoms with Gasteiger partial charge in [0, 0.05) is 12.1 Å². The number of benzene rings is 2. The van der Waals surface area contributed by atoms with Gasteiger partial charge in [-0.2, -0.15) is 13.2 Å². The van der Waals surface area contributed by atoms with Crippen LogP contribution in [0.2, 0.25) is 0 Å². The third-order valence-corrected chi connectivity index (χ3v) is 3.59. The third kappa shape index (κ3) is 9.20. The molecule has 0 aliphatic rings. The van der Waals surface area contributed by atoms with Gasteiger partial charge in [-0.1, -0.05) is 42.0 Å². The molecule has 1 atom stereocenters. The largest absolute Gasteiger partial charge is 0.491 e. The van der Waals surface area contributed by atoms with Crippen molar-refractivity contribution in [2.75, 3.05) is 6.61 Å². The zero-order valence-corrected chi connectivity index (χ0v) is 16.0. The minimum Gasteiger partial charge on any atom is -0.491 e. The number of aldehydes is 1. The molecule has 10 heteroatoms. The van der Waals surface area contributed by atoms with Crippen LogP contribution in [0.3, 0.4) is 0 Å². The van der Waals surface area contributed by atoms with E-state index in [1.165, 1.54) is 5.56 Å². The van der Waals surface area contributed by atoms with Crippen LogP contribution in [-0.4, -0.2) is 42.1 Å². The van der Waals surface area contributed by atoms with Crippen molar-refractivity contribution >= 4 is 18.2 Å². The lowest BCUT2D eigenvalue weighted by Gasteiger charge is -2.14. The molecule has 0 fully saturated rings. The highest BCUT2D eigenvalue weighted by molar-refractivity contribution is 5.81. The molecule has 7 nitrogen and oxygen atoms in total. The second-order valence-electron chi connectivity index (χ2n) is 6.11. The van der Waals surface area contributed by atoms with Gasteiger partial charge in [0.25, 0.3) is 0 Å². The Morgan fingerprint density at radius 1 is 1.20 bits per heavy atom. The summed E-state index contributed by atoms with van der Waals surface area (Å²) in [4.78, 5) is 31.6. The Balaban J connectivity index is 0.000000553. The minimum atomic E-state index is -5.08. The summed E-state index contributed by atoms with van der Waals surface area (Å²) >= 11 is 0. The second kappa shape index (κ2) is 11.6. The standard InChI is InChI=1S/C18H20N2O3.C2HF3O2/c1-13-5-7-14(8-6-13)10-20-18(22)17(19)12-23-16-4-2-3-15(9-16)11-21;3-2(4,5)1(6)7/h2-9,11,17H,10,12,19H2,1H3,(H,20,22);(H,6,7). The van der Waals surface area contributed by atoms with Crippen LogP contribution in [0.4, 0.5) is 13.2 Å². The highest BCUT2D eigenvalue weighted by atomic mass is 19.4. The van der Waals surface area contributed by atoms with E-state index in [2.05, 4.69) is 5.32 Å². The summed E-state index contributed by atoms with van der Waals surface area (Å²) in [5.74, 6) is -2.53. The molecule has 0 bridgehead atoms. The smallest absolute Gasteiger partial charge is 0.490 e. The fourth-order valence-electron chi connectivity index (χ4n) is 1.97. The lowest BCUT2D eigenvalue weighted by molar-refractivity contribution is -0.192. The van der Waals surface area contributed by atoms with Crippen LogP contribution < -0.4 is 15.8 Å². The van der Waals surface area contributed by atoms with E-state index in [0.717, 1.165) is 11.8 Å². The van der Waals surface area contributed by atoms with Crippen LogP contribution in [0.25, 0.3) is 0 Å². The summed E-state index contributed by atoms with van der Waals surface area (Å²) < 4.78 is 37.2. The molecule has 30 heavy (non-hydrogen) atoms. The SMILES string of the molecule is Cc1ccc(CNC(=O)C(N)COc2cccc(C=O)c2)cc1.O=C(O)C(F)(F)F. The highest BCUT2D eigenvalue weighted by Gasteiger charge is 2.38. The van der Waals surface area contributed by atoms with Gasteiger partial charge < -0.3 is 20.9 Å². The molecule has 162 valence electrons. The topological polar surface area (TPSA) is 119 Å². The summed E-state index contributed by atoms with van der Waals surface area (Å²) in [7, 11) is 0. The maximum absolute atomic E-state index is 12.0. The normalized spacial score (nSPS) is 11.5. The van der Waals surface area contributed by atoms with Gasteiger partial charge in [0.2, 0.25) is 5.91 Å². The Morgan fingerprint density at radius 2 is 1.80 bits per heavy atom. The maximum atomic E-state index is 12.0. The van der Waals surface area contributed by atoms with Crippen molar-refractivity contribution < 1.29 is 37.4 Å². The van der Waals surface area contributed by atoms with Crippen molar-refractivity contribution in [2.45, 2.75) is 25.7 Å². The monoisotopic (exact) mass is 426 g/mol. The van der Waals surface area contributed by atoms with Crippen LogP contribution in [-0.2, 0) is 16.1 Å². The number of alkyl halides is 3. The van der Waals surface area contributed by atoms with Crippen molar-refractivity contribution in [3.8, 4) is 5.75 Å². The van der Waals surface area contributed by atoms with E-state index in [9.17, 15) is 22.8 Å². The fraction of sp³-hybridized carbons (Fsp3) is 0.250. The first kappa shape index (κ1) is 24.6. The molecule has 0 spiro atoms. The van der Waals surface area contributed by atoms with Crippen molar-refractivity contribution in [1.29, 1.82) is 0 Å². The van der Waals surface area contributed by atoms with E-state index in [0.29, 0.717) is 17.9 Å². The number of amides is 1. The molecule has 1 amide bonds. The van der Waals surface area contributed by atoms with Crippen LogP contribution in [0.15, 0.2) is 48.5 Å². The lowest BCUT2D eigenvalue weighted by atomic mass is 10.1. The number of nitrogens with two attached hydrogens (primary N) is 1. The van der Waals surface area contributed by atoms with E-state index in [-0.39, 0.29) is 12.5 Å². The average Bonchev–Trinajstić information content (AvgIpc) is 2.71. The average molecular weight is 426 g/mol. The molecule has 2 rings (SSSR count). The Hall–Kier alpha value is -3.40. The van der Waals surface area contributed by atoms with Gasteiger partial charge in [0.05, 0.1) is 0 Å². The van der Waals surface area contributed by atoms with E-state index in [1.807, 2.05) is 31.2 Å². The van der Waals surface area contributed by atoms with Crippen LogP contribution >= 0.6 is 0 Å². The molecular formula is C20H21F3N2O5. The number of hydrogen-bond donors (Lipinski definition) is 3. The van der Waals surface area contributed by atoms with Gasteiger partial charge in [-0.3, -0.25) is 9.59 Å². The van der Waals surface area contributed by atoms with Crippen molar-refractivity contribution in [2.24, 2.45) is 5.73 Å². The molecule has 4 N–H and O–H groups in total. The molecule has 2 aromatic carbocycles. The zero-order valence-electron chi connectivity index (χ0n) is 16.0. The first-order valence-electron chi connectivity index (χ1n) is 8.60. The van der Waals surface area contributed by atoms with Crippen molar-refractivity contribution in [3.05, 3.63) is 65.2 Å². The Labute approximate surface area is 170 Å². The van der Waals surface area contributed by atoms with Crippen molar-refractivity contribution in [3.63, 3.8) is 0 Å². The minimum absolute atomic E-state index is 0.0437. The van der Waals surface area contributed by atoms with E-state index in [4.69, 9.17) is 20.4 Å². The first-order valence-corrected chi connectivity index (χ1v) is 8.60. The van der Waals surface area contributed by atoms with Gasteiger partial charge >= 0.3 is 12.1 Å². The number of carboxylic acid groups (broad SMARTS) is 1.